The number of carbonyl (C=O) groups is 3. The third-order valence-electron chi connectivity index (χ3n) is 3.42. The standard InChI is InChI=1S/C14H17NO5S/c1-4-9-6-10(14(18)20-3)12(21-9)15-7-8(5-11(15)16)13(17)19-2/h6,8H,4-5,7H2,1-3H3. The molecular weight excluding hydrogens is 294 g/mol. The number of rotatable bonds is 4. The van der Waals surface area contributed by atoms with Crippen LogP contribution in [0, 0.1) is 5.92 Å². The molecule has 0 radical (unpaired) electrons. The Labute approximate surface area is 126 Å². The first-order valence-electron chi connectivity index (χ1n) is 6.61. The van der Waals surface area contributed by atoms with Crippen LogP contribution in [0.5, 0.6) is 0 Å². The maximum Gasteiger partial charge on any atom is 0.340 e. The van der Waals surface area contributed by atoms with Gasteiger partial charge in [-0.25, -0.2) is 4.79 Å². The molecule has 6 nitrogen and oxygen atoms in total. The van der Waals surface area contributed by atoms with Gasteiger partial charge in [0, 0.05) is 17.8 Å². The first-order chi connectivity index (χ1) is 10.0. The molecule has 1 aromatic heterocycles. The quantitative estimate of drug-likeness (QED) is 0.790. The highest BCUT2D eigenvalue weighted by Crippen LogP contribution is 2.36. The Morgan fingerprint density at radius 1 is 1.38 bits per heavy atom. The highest BCUT2D eigenvalue weighted by Gasteiger charge is 2.38. The molecular formula is C14H17NO5S. The Hall–Kier alpha value is -1.89. The van der Waals surface area contributed by atoms with Crippen molar-refractivity contribution in [3.05, 3.63) is 16.5 Å². The fraction of sp³-hybridized carbons (Fsp3) is 0.500. The zero-order valence-corrected chi connectivity index (χ0v) is 13.0. The Morgan fingerprint density at radius 2 is 2.10 bits per heavy atom. The van der Waals surface area contributed by atoms with E-state index in [4.69, 9.17) is 4.74 Å². The van der Waals surface area contributed by atoms with Crippen molar-refractivity contribution < 1.29 is 23.9 Å². The zero-order valence-electron chi connectivity index (χ0n) is 12.2. The van der Waals surface area contributed by atoms with E-state index in [0.717, 1.165) is 11.3 Å². The number of carbonyl (C=O) groups excluding carboxylic acids is 3. The van der Waals surface area contributed by atoms with Crippen LogP contribution in [0.3, 0.4) is 0 Å². The molecule has 1 aliphatic rings. The normalized spacial score (nSPS) is 18.0. The fourth-order valence-corrected chi connectivity index (χ4v) is 3.40. The van der Waals surface area contributed by atoms with Gasteiger partial charge >= 0.3 is 11.9 Å². The summed E-state index contributed by atoms with van der Waals surface area (Å²) in [5.74, 6) is -1.55. The van der Waals surface area contributed by atoms with Crippen molar-refractivity contribution in [1.29, 1.82) is 0 Å². The van der Waals surface area contributed by atoms with Gasteiger partial charge in [0.1, 0.15) is 5.00 Å². The van der Waals surface area contributed by atoms with Gasteiger partial charge in [-0.15, -0.1) is 11.3 Å². The van der Waals surface area contributed by atoms with Crippen molar-refractivity contribution in [2.75, 3.05) is 25.7 Å². The van der Waals surface area contributed by atoms with Gasteiger partial charge in [-0.2, -0.15) is 0 Å². The van der Waals surface area contributed by atoms with Gasteiger partial charge in [0.25, 0.3) is 0 Å². The van der Waals surface area contributed by atoms with E-state index in [0.29, 0.717) is 10.6 Å². The number of aryl methyl sites for hydroxylation is 1. The smallest absolute Gasteiger partial charge is 0.340 e. The van der Waals surface area contributed by atoms with Crippen LogP contribution in [-0.4, -0.2) is 38.6 Å². The van der Waals surface area contributed by atoms with Crippen molar-refractivity contribution in [3.63, 3.8) is 0 Å². The third-order valence-corrected chi connectivity index (χ3v) is 4.72. The largest absolute Gasteiger partial charge is 0.469 e. The summed E-state index contributed by atoms with van der Waals surface area (Å²) in [6.07, 6.45) is 0.865. The fourth-order valence-electron chi connectivity index (χ4n) is 2.29. The molecule has 0 aliphatic carbocycles. The molecule has 1 aromatic rings. The van der Waals surface area contributed by atoms with Gasteiger partial charge in [-0.1, -0.05) is 6.92 Å². The van der Waals surface area contributed by atoms with E-state index < -0.39 is 17.9 Å². The van der Waals surface area contributed by atoms with Crippen LogP contribution in [-0.2, 0) is 25.5 Å². The summed E-state index contributed by atoms with van der Waals surface area (Å²) in [5.41, 5.74) is 0.373. The van der Waals surface area contributed by atoms with E-state index in [9.17, 15) is 14.4 Å². The van der Waals surface area contributed by atoms with Crippen LogP contribution in [0.1, 0.15) is 28.6 Å². The molecule has 0 bridgehead atoms. The van der Waals surface area contributed by atoms with E-state index in [1.54, 1.807) is 6.07 Å². The molecule has 0 N–H and O–H groups in total. The van der Waals surface area contributed by atoms with E-state index in [2.05, 4.69) is 4.74 Å². The molecule has 2 heterocycles. The first kappa shape index (κ1) is 15.5. The number of ether oxygens (including phenoxy) is 2. The average Bonchev–Trinajstić information content (AvgIpc) is 3.08. The van der Waals surface area contributed by atoms with Crippen LogP contribution < -0.4 is 4.90 Å². The second-order valence-electron chi connectivity index (χ2n) is 4.71. The third kappa shape index (κ3) is 2.92. The Balaban J connectivity index is 2.33. The minimum Gasteiger partial charge on any atom is -0.469 e. The number of methoxy groups -OCH3 is 2. The molecule has 1 unspecified atom stereocenters. The molecule has 2 rings (SSSR count). The number of hydrogen-bond acceptors (Lipinski definition) is 6. The number of esters is 2. The molecule has 0 spiro atoms. The highest BCUT2D eigenvalue weighted by molar-refractivity contribution is 7.16. The predicted molar refractivity (Wildman–Crippen MR) is 77.5 cm³/mol. The van der Waals surface area contributed by atoms with Crippen LogP contribution in [0.2, 0.25) is 0 Å². The first-order valence-corrected chi connectivity index (χ1v) is 7.42. The minimum atomic E-state index is -0.486. The van der Waals surface area contributed by atoms with Crippen LogP contribution in [0.25, 0.3) is 0 Å². The topological polar surface area (TPSA) is 72.9 Å². The summed E-state index contributed by atoms with van der Waals surface area (Å²) >= 11 is 1.38. The van der Waals surface area contributed by atoms with Crippen LogP contribution in [0.15, 0.2) is 6.07 Å². The predicted octanol–water partition coefficient (Wildman–Crippen LogP) is 1.62. The number of nitrogens with zero attached hydrogens (tertiary/aromatic N) is 1. The molecule has 1 atom stereocenters. The van der Waals surface area contributed by atoms with Gasteiger partial charge in [-0.3, -0.25) is 9.59 Å². The summed E-state index contributed by atoms with van der Waals surface area (Å²) in [6, 6.07) is 1.74. The summed E-state index contributed by atoms with van der Waals surface area (Å²) in [7, 11) is 2.61. The molecule has 0 saturated carbocycles. The molecule has 0 aromatic carbocycles. The van der Waals surface area contributed by atoms with Crippen molar-refractivity contribution in [2.45, 2.75) is 19.8 Å². The van der Waals surface area contributed by atoms with Crippen LogP contribution >= 0.6 is 11.3 Å². The average molecular weight is 311 g/mol. The highest BCUT2D eigenvalue weighted by atomic mass is 32.1. The Morgan fingerprint density at radius 3 is 2.67 bits per heavy atom. The molecule has 21 heavy (non-hydrogen) atoms. The summed E-state index contributed by atoms with van der Waals surface area (Å²) < 4.78 is 9.45. The molecule has 1 aliphatic heterocycles. The van der Waals surface area contributed by atoms with Crippen molar-refractivity contribution in [1.82, 2.24) is 0 Å². The summed E-state index contributed by atoms with van der Waals surface area (Å²) in [4.78, 5) is 38.0. The second-order valence-corrected chi connectivity index (χ2v) is 5.82. The van der Waals surface area contributed by atoms with Crippen molar-refractivity contribution >= 4 is 34.2 Å². The monoisotopic (exact) mass is 311 g/mol. The maximum absolute atomic E-state index is 12.1. The molecule has 114 valence electrons. The Bertz CT molecular complexity index is 580. The van der Waals surface area contributed by atoms with E-state index in [1.165, 1.54) is 30.5 Å². The van der Waals surface area contributed by atoms with Gasteiger partial charge in [0.05, 0.1) is 25.7 Å². The molecule has 1 fully saturated rings. The second kappa shape index (κ2) is 6.26. The van der Waals surface area contributed by atoms with Crippen molar-refractivity contribution in [3.8, 4) is 0 Å². The van der Waals surface area contributed by atoms with Crippen molar-refractivity contribution in [2.24, 2.45) is 5.92 Å². The zero-order chi connectivity index (χ0) is 15.6. The van der Waals surface area contributed by atoms with Gasteiger partial charge < -0.3 is 14.4 Å². The van der Waals surface area contributed by atoms with Gasteiger partial charge in [0.15, 0.2) is 0 Å². The van der Waals surface area contributed by atoms with E-state index in [-0.39, 0.29) is 18.9 Å². The van der Waals surface area contributed by atoms with E-state index in [1.807, 2.05) is 6.92 Å². The summed E-state index contributed by atoms with van der Waals surface area (Å²) in [6.45, 7) is 2.21. The number of thiophene rings is 1. The summed E-state index contributed by atoms with van der Waals surface area (Å²) in [5, 5.41) is 0.551. The lowest BCUT2D eigenvalue weighted by Gasteiger charge is -2.15. The lowest BCUT2D eigenvalue weighted by Crippen LogP contribution is -2.26. The Kier molecular flexibility index (Phi) is 4.62. The van der Waals surface area contributed by atoms with Gasteiger partial charge in [-0.05, 0) is 12.5 Å². The van der Waals surface area contributed by atoms with E-state index >= 15 is 0 Å². The number of anilines is 1. The minimum absolute atomic E-state index is 0.104. The van der Waals surface area contributed by atoms with Crippen LogP contribution in [0.4, 0.5) is 5.00 Å². The number of hydrogen-bond donors (Lipinski definition) is 0. The SMILES string of the molecule is CCc1cc(C(=O)OC)c(N2CC(C(=O)OC)CC2=O)s1. The lowest BCUT2D eigenvalue weighted by atomic mass is 10.1. The maximum atomic E-state index is 12.1. The molecule has 7 heteroatoms. The molecule has 1 saturated heterocycles. The number of amides is 1. The molecule has 1 amide bonds. The lowest BCUT2D eigenvalue weighted by molar-refractivity contribution is -0.145. The van der Waals surface area contributed by atoms with Gasteiger partial charge in [0.2, 0.25) is 5.91 Å².